The number of nitro benzene ring substituents is 1. The molecule has 0 bridgehead atoms. The zero-order valence-corrected chi connectivity index (χ0v) is 10.1. The Morgan fingerprint density at radius 1 is 1.53 bits per heavy atom. The number of rotatable bonds is 5. The van der Waals surface area contributed by atoms with Crippen molar-refractivity contribution < 1.29 is 14.5 Å². The van der Waals surface area contributed by atoms with Gasteiger partial charge in [-0.2, -0.15) is 5.10 Å². The van der Waals surface area contributed by atoms with Gasteiger partial charge in [-0.05, 0) is 19.1 Å². The van der Waals surface area contributed by atoms with E-state index >= 15 is 0 Å². The van der Waals surface area contributed by atoms with Crippen LogP contribution >= 0.6 is 0 Å². The highest BCUT2D eigenvalue weighted by atomic mass is 16.6. The average molecular weight is 261 g/mol. The summed E-state index contributed by atoms with van der Waals surface area (Å²) in [6.07, 6.45) is 3.58. The van der Waals surface area contributed by atoms with E-state index in [0.717, 1.165) is 0 Å². The number of benzene rings is 1. The van der Waals surface area contributed by atoms with E-state index < -0.39 is 4.92 Å². The van der Waals surface area contributed by atoms with Crippen LogP contribution in [0.3, 0.4) is 0 Å². The maximum atomic E-state index is 11.0. The molecule has 2 aromatic rings. The maximum absolute atomic E-state index is 11.0. The highest BCUT2D eigenvalue weighted by molar-refractivity contribution is 5.77. The highest BCUT2D eigenvalue weighted by Gasteiger charge is 2.17. The minimum absolute atomic E-state index is 0.184. The van der Waals surface area contributed by atoms with Crippen molar-refractivity contribution in [3.05, 3.63) is 46.3 Å². The Hall–Kier alpha value is -2.70. The Balaban J connectivity index is 2.47. The lowest BCUT2D eigenvalue weighted by atomic mass is 10.2. The Morgan fingerprint density at radius 3 is 2.95 bits per heavy atom. The van der Waals surface area contributed by atoms with Gasteiger partial charge in [0.15, 0.2) is 5.75 Å². The first-order valence-corrected chi connectivity index (χ1v) is 5.57. The zero-order chi connectivity index (χ0) is 13.8. The van der Waals surface area contributed by atoms with Gasteiger partial charge < -0.3 is 4.74 Å². The van der Waals surface area contributed by atoms with E-state index in [-0.39, 0.29) is 16.9 Å². The van der Waals surface area contributed by atoms with Gasteiger partial charge in [0.1, 0.15) is 12.0 Å². The largest absolute Gasteiger partial charge is 0.491 e. The van der Waals surface area contributed by atoms with Crippen LogP contribution in [-0.2, 0) is 0 Å². The predicted molar refractivity (Wildman–Crippen MR) is 66.8 cm³/mol. The first-order chi connectivity index (χ1) is 9.15. The molecule has 19 heavy (non-hydrogen) atoms. The number of carbonyl (C=O) groups excluding carboxylic acids is 1. The van der Waals surface area contributed by atoms with E-state index in [2.05, 4.69) is 5.10 Å². The molecule has 0 aliphatic rings. The number of carbonyl (C=O) groups is 1. The van der Waals surface area contributed by atoms with Crippen molar-refractivity contribution in [3.8, 4) is 11.4 Å². The average Bonchev–Trinajstić information content (AvgIpc) is 2.87. The molecule has 0 saturated carbocycles. The summed E-state index contributed by atoms with van der Waals surface area (Å²) in [6, 6.07) is 4.19. The lowest BCUT2D eigenvalue weighted by Crippen LogP contribution is -2.01. The van der Waals surface area contributed by atoms with Crippen LogP contribution in [0.2, 0.25) is 0 Å². The number of hydrogen-bond acceptors (Lipinski definition) is 5. The molecule has 0 saturated heterocycles. The molecule has 0 N–H and O–H groups in total. The molecular formula is C12H11N3O4. The summed E-state index contributed by atoms with van der Waals surface area (Å²) in [7, 11) is 0. The molecule has 1 aromatic heterocycles. The van der Waals surface area contributed by atoms with Gasteiger partial charge in [-0.1, -0.05) is 0 Å². The summed E-state index contributed by atoms with van der Waals surface area (Å²) in [5.74, 6) is 0.524. The quantitative estimate of drug-likeness (QED) is 0.466. The molecule has 0 spiro atoms. The van der Waals surface area contributed by atoms with Crippen LogP contribution in [0.4, 0.5) is 5.69 Å². The highest BCUT2D eigenvalue weighted by Crippen LogP contribution is 2.24. The van der Waals surface area contributed by atoms with E-state index in [1.54, 1.807) is 6.20 Å². The van der Waals surface area contributed by atoms with Crippen LogP contribution in [0.1, 0.15) is 17.3 Å². The number of hydrogen-bond donors (Lipinski definition) is 0. The van der Waals surface area contributed by atoms with Crippen molar-refractivity contribution in [3.63, 3.8) is 0 Å². The fourth-order valence-corrected chi connectivity index (χ4v) is 1.63. The van der Waals surface area contributed by atoms with Gasteiger partial charge in [0.2, 0.25) is 0 Å². The molecule has 0 fully saturated rings. The smallest absolute Gasteiger partial charge is 0.295 e. The molecule has 1 heterocycles. The molecular weight excluding hydrogens is 250 g/mol. The number of ether oxygens (including phenoxy) is 1. The van der Waals surface area contributed by atoms with Crippen LogP contribution in [-0.4, -0.2) is 27.6 Å². The van der Waals surface area contributed by atoms with Crippen molar-refractivity contribution in [1.82, 2.24) is 9.78 Å². The lowest BCUT2D eigenvalue weighted by molar-refractivity contribution is -0.384. The van der Waals surface area contributed by atoms with Crippen molar-refractivity contribution >= 4 is 12.0 Å². The van der Waals surface area contributed by atoms with Gasteiger partial charge in [-0.3, -0.25) is 14.9 Å². The monoisotopic (exact) mass is 261 g/mol. The molecule has 0 unspecified atom stereocenters. The summed E-state index contributed by atoms with van der Waals surface area (Å²) >= 11 is 0. The summed E-state index contributed by atoms with van der Waals surface area (Å²) in [5.41, 5.74) is 0.338. The van der Waals surface area contributed by atoms with Crippen LogP contribution in [0, 0.1) is 10.1 Å². The van der Waals surface area contributed by atoms with E-state index in [1.807, 2.05) is 6.92 Å². The molecule has 0 atom stereocenters. The van der Waals surface area contributed by atoms with Crippen molar-refractivity contribution in [1.29, 1.82) is 0 Å². The van der Waals surface area contributed by atoms with Gasteiger partial charge in [0.25, 0.3) is 5.69 Å². The number of nitrogens with zero attached hydrogens (tertiary/aromatic N) is 3. The van der Waals surface area contributed by atoms with Gasteiger partial charge in [0, 0.05) is 11.6 Å². The number of aromatic nitrogens is 2. The van der Waals surface area contributed by atoms with E-state index in [4.69, 9.17) is 4.74 Å². The third-order valence-electron chi connectivity index (χ3n) is 2.45. The third kappa shape index (κ3) is 2.59. The predicted octanol–water partition coefficient (Wildman–Crippen LogP) is 1.99. The Kier molecular flexibility index (Phi) is 3.56. The maximum Gasteiger partial charge on any atom is 0.295 e. The van der Waals surface area contributed by atoms with Gasteiger partial charge in [0.05, 0.1) is 23.9 Å². The molecule has 2 rings (SSSR count). The van der Waals surface area contributed by atoms with Crippen LogP contribution in [0.25, 0.3) is 5.69 Å². The normalized spacial score (nSPS) is 10.2. The Labute approximate surface area is 108 Å². The summed E-state index contributed by atoms with van der Waals surface area (Å²) in [5, 5.41) is 15.0. The second kappa shape index (κ2) is 5.30. The fourth-order valence-electron chi connectivity index (χ4n) is 1.63. The summed E-state index contributed by atoms with van der Waals surface area (Å²) in [6.45, 7) is 2.32. The zero-order valence-electron chi connectivity index (χ0n) is 10.1. The third-order valence-corrected chi connectivity index (χ3v) is 2.45. The first kappa shape index (κ1) is 12.7. The lowest BCUT2D eigenvalue weighted by Gasteiger charge is -2.03. The number of aldehydes is 1. The standard InChI is InChI=1S/C12H11N3O4/c1-2-19-10-6-13-14(7-10)11-4-3-9(8-16)5-12(11)15(17)18/h3-8H,2H2,1H3. The second-order valence-corrected chi connectivity index (χ2v) is 3.68. The molecule has 0 radical (unpaired) electrons. The van der Waals surface area contributed by atoms with Gasteiger partial charge >= 0.3 is 0 Å². The van der Waals surface area contributed by atoms with E-state index in [1.165, 1.54) is 29.1 Å². The molecule has 7 nitrogen and oxygen atoms in total. The van der Waals surface area contributed by atoms with Crippen molar-refractivity contribution in [2.45, 2.75) is 6.92 Å². The topological polar surface area (TPSA) is 87.3 Å². The summed E-state index contributed by atoms with van der Waals surface area (Å²) in [4.78, 5) is 21.1. The van der Waals surface area contributed by atoms with Crippen LogP contribution < -0.4 is 4.74 Å². The summed E-state index contributed by atoms with van der Waals surface area (Å²) < 4.78 is 6.59. The van der Waals surface area contributed by atoms with Crippen LogP contribution in [0.15, 0.2) is 30.6 Å². The Morgan fingerprint density at radius 2 is 2.32 bits per heavy atom. The van der Waals surface area contributed by atoms with E-state index in [9.17, 15) is 14.9 Å². The van der Waals surface area contributed by atoms with Crippen molar-refractivity contribution in [2.24, 2.45) is 0 Å². The molecule has 98 valence electrons. The second-order valence-electron chi connectivity index (χ2n) is 3.68. The molecule has 0 aliphatic carbocycles. The minimum Gasteiger partial charge on any atom is -0.491 e. The number of nitro groups is 1. The molecule has 1 aromatic carbocycles. The fraction of sp³-hybridized carbons (Fsp3) is 0.167. The van der Waals surface area contributed by atoms with E-state index in [0.29, 0.717) is 18.6 Å². The van der Waals surface area contributed by atoms with Crippen molar-refractivity contribution in [2.75, 3.05) is 6.61 Å². The minimum atomic E-state index is -0.551. The molecule has 0 amide bonds. The molecule has 7 heteroatoms. The van der Waals surface area contributed by atoms with Gasteiger partial charge in [-0.15, -0.1) is 0 Å². The molecule has 0 aliphatic heterocycles. The Bertz CT molecular complexity index is 621. The van der Waals surface area contributed by atoms with Gasteiger partial charge in [-0.25, -0.2) is 4.68 Å². The SMILES string of the molecule is CCOc1cnn(-c2ccc(C=O)cc2[N+](=O)[O-])c1. The van der Waals surface area contributed by atoms with Crippen LogP contribution in [0.5, 0.6) is 5.75 Å². The first-order valence-electron chi connectivity index (χ1n) is 5.57.